The minimum atomic E-state index is -0.919. The Bertz CT molecular complexity index is 1120. The molecule has 2 aromatic rings. The topological polar surface area (TPSA) is 92.1 Å². The molecule has 3 aliphatic rings. The number of aliphatic imine (C=N–C) groups is 2. The Kier molecular flexibility index (Phi) is 5.09. The second-order valence-corrected chi connectivity index (χ2v) is 7.24. The molecule has 0 saturated carbocycles. The van der Waals surface area contributed by atoms with Crippen molar-refractivity contribution in [3.8, 4) is 0 Å². The van der Waals surface area contributed by atoms with Crippen molar-refractivity contribution in [2.24, 2.45) is 15.9 Å². The van der Waals surface area contributed by atoms with Crippen molar-refractivity contribution < 1.29 is 13.9 Å². The number of benzene rings is 1. The van der Waals surface area contributed by atoms with Gasteiger partial charge < -0.3 is 15.0 Å². The minimum absolute atomic E-state index is 0.219. The summed E-state index contributed by atoms with van der Waals surface area (Å²) >= 11 is 0. The van der Waals surface area contributed by atoms with Gasteiger partial charge in [-0.05, 0) is 30.3 Å². The molecule has 3 aliphatic heterocycles. The summed E-state index contributed by atoms with van der Waals surface area (Å²) in [4.78, 5) is 31.9. The highest BCUT2D eigenvalue weighted by molar-refractivity contribution is 6.22. The van der Waals surface area contributed by atoms with Gasteiger partial charge in [-0.1, -0.05) is 0 Å². The zero-order valence-corrected chi connectivity index (χ0v) is 16.5. The van der Waals surface area contributed by atoms with Crippen LogP contribution in [-0.4, -0.2) is 53.7 Å². The van der Waals surface area contributed by atoms with Crippen LogP contribution in [-0.2, 0) is 9.53 Å². The summed E-state index contributed by atoms with van der Waals surface area (Å²) in [5, 5.41) is 2.44. The van der Waals surface area contributed by atoms with E-state index in [1.54, 1.807) is 18.5 Å². The molecule has 5 rings (SSSR count). The number of anilines is 1. The molecular weight excluding hydrogens is 399 g/mol. The zero-order valence-electron chi connectivity index (χ0n) is 16.5. The van der Waals surface area contributed by atoms with Crippen LogP contribution in [0, 0.1) is 5.92 Å². The maximum atomic E-state index is 14.6. The van der Waals surface area contributed by atoms with Gasteiger partial charge in [0.1, 0.15) is 23.9 Å². The number of fused-ring (bicyclic) bond motifs is 1. The van der Waals surface area contributed by atoms with Gasteiger partial charge in [-0.3, -0.25) is 4.79 Å². The Balaban J connectivity index is 1.52. The lowest BCUT2D eigenvalue weighted by atomic mass is 9.89. The summed E-state index contributed by atoms with van der Waals surface area (Å²) in [6.07, 6.45) is 7.19. The van der Waals surface area contributed by atoms with Crippen molar-refractivity contribution in [1.29, 1.82) is 0 Å². The van der Waals surface area contributed by atoms with E-state index in [0.29, 0.717) is 30.2 Å². The fourth-order valence-electron chi connectivity index (χ4n) is 3.72. The molecule has 1 atom stereocenters. The van der Waals surface area contributed by atoms with Crippen LogP contribution in [0.4, 0.5) is 15.8 Å². The average Bonchev–Trinajstić information content (AvgIpc) is 2.83. The highest BCUT2D eigenvalue weighted by Gasteiger charge is 2.37. The second kappa shape index (κ2) is 8.19. The van der Waals surface area contributed by atoms with Crippen LogP contribution >= 0.6 is 0 Å². The summed E-state index contributed by atoms with van der Waals surface area (Å²) in [6.45, 7) is 3.08. The Morgan fingerprint density at radius 3 is 2.61 bits per heavy atom. The summed E-state index contributed by atoms with van der Waals surface area (Å²) in [7, 11) is 0. The molecule has 1 N–H and O–H groups in total. The average molecular weight is 418 g/mol. The fraction of sp³-hybridized carbons (Fsp3) is 0.227. The van der Waals surface area contributed by atoms with Gasteiger partial charge in [-0.25, -0.2) is 24.3 Å². The van der Waals surface area contributed by atoms with E-state index in [9.17, 15) is 9.18 Å². The molecule has 4 heterocycles. The Hall–Kier alpha value is -3.72. The van der Waals surface area contributed by atoms with Crippen molar-refractivity contribution >= 4 is 28.8 Å². The molecule has 8 nitrogen and oxygen atoms in total. The number of hydrogen-bond donors (Lipinski definition) is 1. The summed E-state index contributed by atoms with van der Waals surface area (Å²) < 4.78 is 20.0. The third-order valence-corrected chi connectivity index (χ3v) is 5.30. The van der Waals surface area contributed by atoms with Crippen LogP contribution in [0.3, 0.4) is 0 Å². The third-order valence-electron chi connectivity index (χ3n) is 5.30. The molecule has 9 heteroatoms. The number of nitrogens with one attached hydrogen (secondary N) is 1. The Morgan fingerprint density at radius 1 is 1.13 bits per heavy atom. The minimum Gasteiger partial charge on any atom is -0.378 e. The van der Waals surface area contributed by atoms with Gasteiger partial charge in [0.2, 0.25) is 5.91 Å². The molecule has 31 heavy (non-hydrogen) atoms. The van der Waals surface area contributed by atoms with Gasteiger partial charge in [0.15, 0.2) is 0 Å². The zero-order chi connectivity index (χ0) is 21.2. The molecule has 0 radical (unpaired) electrons. The largest absolute Gasteiger partial charge is 0.378 e. The van der Waals surface area contributed by atoms with Crippen molar-refractivity contribution in [1.82, 2.24) is 15.3 Å². The van der Waals surface area contributed by atoms with Crippen molar-refractivity contribution in [3.63, 3.8) is 0 Å². The first kappa shape index (κ1) is 19.3. The fourth-order valence-corrected chi connectivity index (χ4v) is 3.72. The summed E-state index contributed by atoms with van der Waals surface area (Å²) in [5.74, 6) is -1.60. The van der Waals surface area contributed by atoms with Crippen LogP contribution in [0.1, 0.15) is 5.56 Å². The molecule has 1 saturated heterocycles. The number of allylic oxidation sites excluding steroid dienone is 2. The van der Waals surface area contributed by atoms with Crippen molar-refractivity contribution in [2.45, 2.75) is 0 Å². The van der Waals surface area contributed by atoms with Crippen LogP contribution in [0.2, 0.25) is 0 Å². The number of amides is 1. The number of rotatable bonds is 3. The molecule has 0 spiro atoms. The summed E-state index contributed by atoms with van der Waals surface area (Å²) in [5.41, 5.74) is 2.99. The number of aromatic nitrogens is 2. The van der Waals surface area contributed by atoms with Gasteiger partial charge in [0.25, 0.3) is 0 Å². The van der Waals surface area contributed by atoms with Gasteiger partial charge in [0.05, 0.1) is 24.6 Å². The van der Waals surface area contributed by atoms with Gasteiger partial charge >= 0.3 is 0 Å². The maximum absolute atomic E-state index is 14.6. The number of nitrogens with zero attached hydrogens (tertiary/aromatic N) is 5. The Labute approximate surface area is 177 Å². The number of carbonyl (C=O) groups is 1. The molecule has 0 bridgehead atoms. The smallest absolute Gasteiger partial charge is 0.239 e. The molecular formula is C22H19FN6O2. The SMILES string of the molecule is O=C1NC=C(F)C2=CC(c3cncnc3)=NC(=Nc3ccc(N4CCOCC4)cc3)C12. The number of ether oxygens (including phenoxy) is 1. The van der Waals surface area contributed by atoms with Crippen LogP contribution in [0.5, 0.6) is 0 Å². The van der Waals surface area contributed by atoms with E-state index in [0.717, 1.165) is 25.0 Å². The van der Waals surface area contributed by atoms with E-state index in [-0.39, 0.29) is 17.3 Å². The highest BCUT2D eigenvalue weighted by atomic mass is 19.1. The molecule has 0 aliphatic carbocycles. The van der Waals surface area contributed by atoms with Gasteiger partial charge in [-0.2, -0.15) is 0 Å². The number of morpholine rings is 1. The van der Waals surface area contributed by atoms with E-state index in [4.69, 9.17) is 4.74 Å². The molecule has 1 unspecified atom stereocenters. The van der Waals surface area contributed by atoms with E-state index in [1.165, 1.54) is 6.33 Å². The standard InChI is InChI=1S/C22H19FN6O2/c23-18-12-26-22(30)20-17(18)9-19(14-10-24-13-25-11-14)28-21(20)27-15-1-3-16(4-2-15)29-5-7-31-8-6-29/h1-4,9-13,20H,5-8H2,(H,26,30). The number of carbonyl (C=O) groups excluding carboxylic acids is 1. The Morgan fingerprint density at radius 2 is 1.87 bits per heavy atom. The maximum Gasteiger partial charge on any atom is 0.239 e. The second-order valence-electron chi connectivity index (χ2n) is 7.24. The molecule has 1 aromatic heterocycles. The number of dihydropyridines is 1. The van der Waals surface area contributed by atoms with Crippen LogP contribution in [0.15, 0.2) is 76.6 Å². The normalized spacial score (nSPS) is 22.3. The first-order valence-electron chi connectivity index (χ1n) is 9.92. The molecule has 1 aromatic carbocycles. The summed E-state index contributed by atoms with van der Waals surface area (Å²) in [6, 6.07) is 7.68. The first-order chi connectivity index (χ1) is 15.2. The number of hydrogen-bond acceptors (Lipinski definition) is 6. The van der Waals surface area contributed by atoms with Crippen molar-refractivity contribution in [3.05, 3.63) is 72.2 Å². The van der Waals surface area contributed by atoms with E-state index in [1.807, 2.05) is 24.3 Å². The molecule has 1 amide bonds. The number of halogens is 1. The first-order valence-corrected chi connectivity index (χ1v) is 9.92. The van der Waals surface area contributed by atoms with Crippen molar-refractivity contribution in [2.75, 3.05) is 31.2 Å². The molecule has 1 fully saturated rings. The van der Waals surface area contributed by atoms with E-state index in [2.05, 4.69) is 30.2 Å². The monoisotopic (exact) mass is 418 g/mol. The van der Waals surface area contributed by atoms with E-state index >= 15 is 0 Å². The van der Waals surface area contributed by atoms with Crippen LogP contribution in [0.25, 0.3) is 0 Å². The lowest BCUT2D eigenvalue weighted by molar-refractivity contribution is -0.121. The molecule has 156 valence electrons. The van der Waals surface area contributed by atoms with E-state index < -0.39 is 11.7 Å². The lowest BCUT2D eigenvalue weighted by Gasteiger charge is -2.29. The van der Waals surface area contributed by atoms with Gasteiger partial charge in [-0.15, -0.1) is 0 Å². The highest BCUT2D eigenvalue weighted by Crippen LogP contribution is 2.32. The van der Waals surface area contributed by atoms with Crippen LogP contribution < -0.4 is 10.2 Å². The third kappa shape index (κ3) is 3.87. The quantitative estimate of drug-likeness (QED) is 0.826. The lowest BCUT2D eigenvalue weighted by Crippen LogP contribution is -2.39. The predicted molar refractivity (Wildman–Crippen MR) is 114 cm³/mol. The predicted octanol–water partition coefficient (Wildman–Crippen LogP) is 2.33. The van der Waals surface area contributed by atoms with Gasteiger partial charge in [0, 0.05) is 48.5 Å². The number of amidine groups is 1.